The molecule has 0 bridgehead atoms. The maximum atomic E-state index is 4.53. The van der Waals surface area contributed by atoms with Gasteiger partial charge in [0.2, 0.25) is 0 Å². The molecule has 0 aromatic carbocycles. The largest absolute Gasteiger partial charge is 0.355 e. The number of hydrogen-bond donors (Lipinski definition) is 1. The van der Waals surface area contributed by atoms with Gasteiger partial charge in [0.1, 0.15) is 5.82 Å². The van der Waals surface area contributed by atoms with Crippen molar-refractivity contribution in [1.29, 1.82) is 0 Å². The topological polar surface area (TPSA) is 28.2 Å². The van der Waals surface area contributed by atoms with Gasteiger partial charge in [-0.2, -0.15) is 0 Å². The zero-order valence-corrected chi connectivity index (χ0v) is 11.8. The summed E-state index contributed by atoms with van der Waals surface area (Å²) in [4.78, 5) is 6.97. The van der Waals surface area contributed by atoms with Crippen molar-refractivity contribution in [2.75, 3.05) is 31.1 Å². The fraction of sp³-hybridized carbons (Fsp3) is 0.615. The predicted octanol–water partition coefficient (Wildman–Crippen LogP) is 2.34. The van der Waals surface area contributed by atoms with Gasteiger partial charge in [-0.3, -0.25) is 0 Å². The number of nitrogens with one attached hydrogen (secondary N) is 1. The van der Waals surface area contributed by atoms with Gasteiger partial charge in [-0.25, -0.2) is 4.98 Å². The lowest BCUT2D eigenvalue weighted by Crippen LogP contribution is -2.29. The van der Waals surface area contributed by atoms with E-state index >= 15 is 0 Å². The second-order valence-electron chi connectivity index (χ2n) is 5.36. The smallest absolute Gasteiger partial charge is 0.143 e. The van der Waals surface area contributed by atoms with Crippen LogP contribution in [0.15, 0.2) is 16.7 Å². The first-order valence-corrected chi connectivity index (χ1v) is 7.06. The van der Waals surface area contributed by atoms with E-state index < -0.39 is 0 Å². The maximum Gasteiger partial charge on any atom is 0.143 e. The van der Waals surface area contributed by atoms with Crippen molar-refractivity contribution in [3.63, 3.8) is 0 Å². The molecule has 0 radical (unpaired) electrons. The van der Waals surface area contributed by atoms with Crippen LogP contribution in [0.2, 0.25) is 0 Å². The van der Waals surface area contributed by atoms with E-state index in [0.29, 0.717) is 5.41 Å². The van der Waals surface area contributed by atoms with Gasteiger partial charge in [0.15, 0.2) is 0 Å². The maximum absolute atomic E-state index is 4.53. The fourth-order valence-corrected chi connectivity index (χ4v) is 3.49. The summed E-state index contributed by atoms with van der Waals surface area (Å²) in [5.74, 6) is 1.12. The molecule has 3 nitrogen and oxygen atoms in total. The molecule has 2 saturated heterocycles. The molecule has 0 aliphatic carbocycles. The van der Waals surface area contributed by atoms with Crippen LogP contribution in [0.3, 0.4) is 0 Å². The molecule has 4 heteroatoms. The highest BCUT2D eigenvalue weighted by atomic mass is 79.9. The molecule has 17 heavy (non-hydrogen) atoms. The Balaban J connectivity index is 1.84. The predicted molar refractivity (Wildman–Crippen MR) is 73.4 cm³/mol. The highest BCUT2D eigenvalue weighted by Gasteiger charge is 2.41. The minimum atomic E-state index is 0.505. The molecule has 92 valence electrons. The normalized spacial score (nSPS) is 28.2. The van der Waals surface area contributed by atoms with E-state index in [4.69, 9.17) is 0 Å². The SMILES string of the molecule is Cc1ccnc(N2CCC3(CCNC3)C2)c1Br. The number of aryl methyl sites for hydroxylation is 1. The van der Waals surface area contributed by atoms with Crippen LogP contribution < -0.4 is 10.2 Å². The number of pyridine rings is 1. The Morgan fingerprint density at radius 1 is 1.47 bits per heavy atom. The molecule has 1 aromatic heterocycles. The summed E-state index contributed by atoms with van der Waals surface area (Å²) in [6.07, 6.45) is 4.52. The molecule has 1 spiro atoms. The summed E-state index contributed by atoms with van der Waals surface area (Å²) >= 11 is 3.67. The zero-order valence-electron chi connectivity index (χ0n) is 10.2. The Kier molecular flexibility index (Phi) is 2.87. The van der Waals surface area contributed by atoms with Gasteiger partial charge >= 0.3 is 0 Å². The monoisotopic (exact) mass is 295 g/mol. The number of halogens is 1. The van der Waals surface area contributed by atoms with Crippen molar-refractivity contribution in [2.45, 2.75) is 19.8 Å². The second kappa shape index (κ2) is 4.25. The van der Waals surface area contributed by atoms with Gasteiger partial charge in [0.25, 0.3) is 0 Å². The summed E-state index contributed by atoms with van der Waals surface area (Å²) in [6, 6.07) is 2.05. The van der Waals surface area contributed by atoms with E-state index in [9.17, 15) is 0 Å². The molecule has 0 saturated carbocycles. The number of aromatic nitrogens is 1. The molecule has 2 fully saturated rings. The van der Waals surface area contributed by atoms with E-state index in [0.717, 1.165) is 23.4 Å². The lowest BCUT2D eigenvalue weighted by atomic mass is 9.87. The Hall–Kier alpha value is -0.610. The Morgan fingerprint density at radius 3 is 3.12 bits per heavy atom. The van der Waals surface area contributed by atoms with Crippen molar-refractivity contribution < 1.29 is 0 Å². The molecule has 3 rings (SSSR count). The minimum Gasteiger partial charge on any atom is -0.355 e. The number of hydrogen-bond acceptors (Lipinski definition) is 3. The highest BCUT2D eigenvalue weighted by molar-refractivity contribution is 9.10. The molecule has 0 amide bonds. The van der Waals surface area contributed by atoms with Gasteiger partial charge in [-0.1, -0.05) is 0 Å². The molecule has 3 heterocycles. The Morgan fingerprint density at radius 2 is 2.35 bits per heavy atom. The van der Waals surface area contributed by atoms with Crippen molar-refractivity contribution in [1.82, 2.24) is 10.3 Å². The van der Waals surface area contributed by atoms with E-state index in [1.165, 1.54) is 31.5 Å². The van der Waals surface area contributed by atoms with Crippen LogP contribution in [0.4, 0.5) is 5.82 Å². The van der Waals surface area contributed by atoms with Crippen LogP contribution in [0.1, 0.15) is 18.4 Å². The van der Waals surface area contributed by atoms with E-state index in [1.54, 1.807) is 0 Å². The van der Waals surface area contributed by atoms with E-state index in [1.807, 2.05) is 6.20 Å². The molecule has 1 unspecified atom stereocenters. The lowest BCUT2D eigenvalue weighted by Gasteiger charge is -2.24. The summed E-state index contributed by atoms with van der Waals surface area (Å²) in [5, 5.41) is 3.49. The second-order valence-corrected chi connectivity index (χ2v) is 6.16. The van der Waals surface area contributed by atoms with Crippen molar-refractivity contribution >= 4 is 21.7 Å². The number of anilines is 1. The molecule has 2 aliphatic rings. The van der Waals surface area contributed by atoms with Crippen LogP contribution in [0.25, 0.3) is 0 Å². The van der Waals surface area contributed by atoms with Crippen molar-refractivity contribution in [3.05, 3.63) is 22.3 Å². The van der Waals surface area contributed by atoms with Crippen LogP contribution >= 0.6 is 15.9 Å². The third-order valence-corrected chi connectivity index (χ3v) is 5.11. The first-order valence-electron chi connectivity index (χ1n) is 6.27. The van der Waals surface area contributed by atoms with Gasteiger partial charge < -0.3 is 10.2 Å². The van der Waals surface area contributed by atoms with E-state index in [-0.39, 0.29) is 0 Å². The summed E-state index contributed by atoms with van der Waals surface area (Å²) in [5.41, 5.74) is 1.77. The van der Waals surface area contributed by atoms with Crippen LogP contribution in [0.5, 0.6) is 0 Å². The van der Waals surface area contributed by atoms with Crippen LogP contribution in [-0.2, 0) is 0 Å². The van der Waals surface area contributed by atoms with Gasteiger partial charge in [0.05, 0.1) is 4.47 Å². The van der Waals surface area contributed by atoms with E-state index in [2.05, 4.69) is 44.1 Å². The summed E-state index contributed by atoms with van der Waals surface area (Å²) in [7, 11) is 0. The Labute approximate surface area is 111 Å². The van der Waals surface area contributed by atoms with Crippen LogP contribution in [-0.4, -0.2) is 31.2 Å². The lowest BCUT2D eigenvalue weighted by molar-refractivity contribution is 0.369. The van der Waals surface area contributed by atoms with Gasteiger partial charge in [-0.05, 0) is 53.9 Å². The zero-order chi connectivity index (χ0) is 11.9. The molecule has 1 N–H and O–H groups in total. The Bertz CT molecular complexity index is 427. The third kappa shape index (κ3) is 1.97. The number of rotatable bonds is 1. The summed E-state index contributed by atoms with van der Waals surface area (Å²) < 4.78 is 1.16. The highest BCUT2D eigenvalue weighted by Crippen LogP contribution is 2.39. The van der Waals surface area contributed by atoms with Crippen LogP contribution in [0, 0.1) is 12.3 Å². The standard InChI is InChI=1S/C13H18BrN3/c1-10-2-5-16-12(11(10)14)17-7-4-13(9-17)3-6-15-8-13/h2,5,15H,3-4,6-9H2,1H3. The molecular formula is C13H18BrN3. The molecule has 1 atom stereocenters. The fourth-order valence-electron chi connectivity index (χ4n) is 3.01. The number of nitrogens with zero attached hydrogens (tertiary/aromatic N) is 2. The molecule has 1 aromatic rings. The average Bonchev–Trinajstić information content (AvgIpc) is 2.94. The summed E-state index contributed by atoms with van der Waals surface area (Å²) in [6.45, 7) is 6.76. The quantitative estimate of drug-likeness (QED) is 0.862. The average molecular weight is 296 g/mol. The van der Waals surface area contributed by atoms with Crippen molar-refractivity contribution in [2.24, 2.45) is 5.41 Å². The molecular weight excluding hydrogens is 278 g/mol. The molecule has 2 aliphatic heterocycles. The first-order chi connectivity index (χ1) is 8.20. The van der Waals surface area contributed by atoms with Gasteiger partial charge in [-0.15, -0.1) is 0 Å². The first kappa shape index (κ1) is 11.5. The third-order valence-electron chi connectivity index (χ3n) is 4.13. The minimum absolute atomic E-state index is 0.505. The van der Waals surface area contributed by atoms with Gasteiger partial charge in [0, 0.05) is 31.2 Å². The van der Waals surface area contributed by atoms with Crippen molar-refractivity contribution in [3.8, 4) is 0 Å².